The van der Waals surface area contributed by atoms with Crippen molar-refractivity contribution in [3.63, 3.8) is 0 Å². The molecule has 94 valence electrons. The van der Waals surface area contributed by atoms with Crippen LogP contribution in [0.4, 0.5) is 0 Å². The maximum absolute atomic E-state index is 5.49. The van der Waals surface area contributed by atoms with Crippen LogP contribution in [0.2, 0.25) is 0 Å². The van der Waals surface area contributed by atoms with E-state index >= 15 is 0 Å². The minimum Gasteiger partial charge on any atom is -0.374 e. The molecule has 0 saturated carbocycles. The SMILES string of the molecule is c1cc(COCCOCc2ccncc2)ccn1. The number of hydrogen-bond acceptors (Lipinski definition) is 4. The van der Waals surface area contributed by atoms with Gasteiger partial charge in [-0.25, -0.2) is 0 Å². The molecule has 2 aromatic rings. The zero-order valence-corrected chi connectivity index (χ0v) is 10.2. The molecule has 0 radical (unpaired) electrons. The average molecular weight is 244 g/mol. The molecule has 0 unspecified atom stereocenters. The summed E-state index contributed by atoms with van der Waals surface area (Å²) in [6.07, 6.45) is 7.05. The highest BCUT2D eigenvalue weighted by Gasteiger charge is 1.94. The summed E-state index contributed by atoms with van der Waals surface area (Å²) in [6, 6.07) is 7.77. The molecular weight excluding hydrogens is 228 g/mol. The first-order valence-corrected chi connectivity index (χ1v) is 5.88. The number of hydrogen-bond donors (Lipinski definition) is 0. The van der Waals surface area contributed by atoms with E-state index in [1.54, 1.807) is 24.8 Å². The van der Waals surface area contributed by atoms with E-state index < -0.39 is 0 Å². The number of rotatable bonds is 7. The number of pyridine rings is 2. The van der Waals surface area contributed by atoms with Crippen molar-refractivity contribution in [3.8, 4) is 0 Å². The molecule has 0 atom stereocenters. The summed E-state index contributed by atoms with van der Waals surface area (Å²) in [5.41, 5.74) is 2.25. The first-order valence-electron chi connectivity index (χ1n) is 5.88. The van der Waals surface area contributed by atoms with Gasteiger partial charge in [0.15, 0.2) is 0 Å². The zero-order valence-electron chi connectivity index (χ0n) is 10.2. The molecule has 0 fully saturated rings. The predicted molar refractivity (Wildman–Crippen MR) is 67.8 cm³/mol. The minimum atomic E-state index is 0.591. The second kappa shape index (κ2) is 7.53. The van der Waals surface area contributed by atoms with Gasteiger partial charge < -0.3 is 9.47 Å². The third-order valence-electron chi connectivity index (χ3n) is 2.41. The summed E-state index contributed by atoms with van der Waals surface area (Å²) < 4.78 is 11.0. The molecule has 0 saturated heterocycles. The summed E-state index contributed by atoms with van der Waals surface area (Å²) in [5, 5.41) is 0. The number of aromatic nitrogens is 2. The van der Waals surface area contributed by atoms with E-state index in [0.717, 1.165) is 11.1 Å². The van der Waals surface area contributed by atoms with Gasteiger partial charge in [-0.3, -0.25) is 9.97 Å². The molecule has 0 spiro atoms. The Balaban J connectivity index is 1.54. The smallest absolute Gasteiger partial charge is 0.0719 e. The van der Waals surface area contributed by atoms with Gasteiger partial charge in [-0.2, -0.15) is 0 Å². The van der Waals surface area contributed by atoms with Gasteiger partial charge in [0.25, 0.3) is 0 Å². The molecule has 0 amide bonds. The Morgan fingerprint density at radius 3 is 1.44 bits per heavy atom. The highest BCUT2D eigenvalue weighted by molar-refractivity contribution is 5.08. The van der Waals surface area contributed by atoms with Gasteiger partial charge in [-0.15, -0.1) is 0 Å². The molecule has 18 heavy (non-hydrogen) atoms. The molecule has 0 aromatic carbocycles. The summed E-state index contributed by atoms with van der Waals surface area (Å²) in [4.78, 5) is 7.90. The van der Waals surface area contributed by atoms with Gasteiger partial charge in [0, 0.05) is 24.8 Å². The molecular formula is C14H16N2O2. The maximum Gasteiger partial charge on any atom is 0.0719 e. The van der Waals surface area contributed by atoms with E-state index in [-0.39, 0.29) is 0 Å². The molecule has 0 N–H and O–H groups in total. The van der Waals surface area contributed by atoms with E-state index in [0.29, 0.717) is 26.4 Å². The Hall–Kier alpha value is -1.78. The van der Waals surface area contributed by atoms with Gasteiger partial charge in [-0.05, 0) is 35.4 Å². The van der Waals surface area contributed by atoms with E-state index in [9.17, 15) is 0 Å². The van der Waals surface area contributed by atoms with E-state index in [4.69, 9.17) is 9.47 Å². The number of nitrogens with zero attached hydrogens (tertiary/aromatic N) is 2. The second-order valence-electron chi connectivity index (χ2n) is 3.82. The van der Waals surface area contributed by atoms with Crippen molar-refractivity contribution >= 4 is 0 Å². The standard InChI is InChI=1S/C14H16N2O2/c1-5-15-6-2-13(1)11-17-9-10-18-12-14-3-7-16-8-4-14/h1-8H,9-12H2. The first kappa shape index (κ1) is 12.7. The van der Waals surface area contributed by atoms with Crippen LogP contribution in [-0.2, 0) is 22.7 Å². The largest absolute Gasteiger partial charge is 0.374 e. The Morgan fingerprint density at radius 2 is 1.06 bits per heavy atom. The molecule has 0 bridgehead atoms. The van der Waals surface area contributed by atoms with Crippen molar-refractivity contribution in [2.75, 3.05) is 13.2 Å². The third kappa shape index (κ3) is 4.61. The predicted octanol–water partition coefficient (Wildman–Crippen LogP) is 2.21. The zero-order chi connectivity index (χ0) is 12.5. The number of ether oxygens (including phenoxy) is 2. The van der Waals surface area contributed by atoms with Crippen molar-refractivity contribution < 1.29 is 9.47 Å². The fourth-order valence-corrected chi connectivity index (χ4v) is 1.46. The Kier molecular flexibility index (Phi) is 5.30. The molecule has 2 rings (SSSR count). The monoisotopic (exact) mass is 244 g/mol. The Morgan fingerprint density at radius 1 is 0.667 bits per heavy atom. The van der Waals surface area contributed by atoms with Gasteiger partial charge in [-0.1, -0.05) is 0 Å². The summed E-state index contributed by atoms with van der Waals surface area (Å²) in [6.45, 7) is 2.38. The Labute approximate surface area is 107 Å². The van der Waals surface area contributed by atoms with Crippen molar-refractivity contribution in [1.82, 2.24) is 9.97 Å². The highest BCUT2D eigenvalue weighted by atomic mass is 16.5. The molecule has 4 nitrogen and oxygen atoms in total. The third-order valence-corrected chi connectivity index (χ3v) is 2.41. The molecule has 2 aromatic heterocycles. The van der Waals surface area contributed by atoms with Crippen molar-refractivity contribution in [2.24, 2.45) is 0 Å². The van der Waals surface area contributed by atoms with Crippen LogP contribution in [-0.4, -0.2) is 23.2 Å². The summed E-state index contributed by atoms with van der Waals surface area (Å²) in [5.74, 6) is 0. The average Bonchev–Trinajstić information content (AvgIpc) is 2.45. The van der Waals surface area contributed by atoms with Crippen LogP contribution < -0.4 is 0 Å². The molecule has 2 heterocycles. The lowest BCUT2D eigenvalue weighted by Crippen LogP contribution is -2.04. The normalized spacial score (nSPS) is 10.4. The van der Waals surface area contributed by atoms with E-state index in [1.165, 1.54) is 0 Å². The van der Waals surface area contributed by atoms with Crippen molar-refractivity contribution in [3.05, 3.63) is 60.2 Å². The first-order chi connectivity index (χ1) is 8.95. The van der Waals surface area contributed by atoms with Crippen LogP contribution >= 0.6 is 0 Å². The van der Waals surface area contributed by atoms with Crippen LogP contribution in [0.5, 0.6) is 0 Å². The second-order valence-corrected chi connectivity index (χ2v) is 3.82. The van der Waals surface area contributed by atoms with Gasteiger partial charge in [0.2, 0.25) is 0 Å². The lowest BCUT2D eigenvalue weighted by atomic mass is 10.3. The fourth-order valence-electron chi connectivity index (χ4n) is 1.46. The van der Waals surface area contributed by atoms with Gasteiger partial charge in [0.1, 0.15) is 0 Å². The molecule has 0 aliphatic rings. The lowest BCUT2D eigenvalue weighted by molar-refractivity contribution is 0.0338. The molecule has 0 aliphatic heterocycles. The van der Waals surface area contributed by atoms with Gasteiger partial charge >= 0.3 is 0 Å². The molecule has 0 aliphatic carbocycles. The summed E-state index contributed by atoms with van der Waals surface area (Å²) >= 11 is 0. The van der Waals surface area contributed by atoms with Crippen LogP contribution in [0.25, 0.3) is 0 Å². The van der Waals surface area contributed by atoms with Crippen LogP contribution in [0.3, 0.4) is 0 Å². The Bertz CT molecular complexity index is 391. The molecule has 4 heteroatoms. The van der Waals surface area contributed by atoms with Gasteiger partial charge in [0.05, 0.1) is 26.4 Å². The minimum absolute atomic E-state index is 0.591. The van der Waals surface area contributed by atoms with Crippen LogP contribution in [0.15, 0.2) is 49.1 Å². The van der Waals surface area contributed by atoms with E-state index in [2.05, 4.69) is 9.97 Å². The van der Waals surface area contributed by atoms with Crippen LogP contribution in [0.1, 0.15) is 11.1 Å². The van der Waals surface area contributed by atoms with E-state index in [1.807, 2.05) is 24.3 Å². The van der Waals surface area contributed by atoms with Crippen LogP contribution in [0, 0.1) is 0 Å². The summed E-state index contributed by atoms with van der Waals surface area (Å²) in [7, 11) is 0. The quantitative estimate of drug-likeness (QED) is 0.700. The van der Waals surface area contributed by atoms with Crippen molar-refractivity contribution in [2.45, 2.75) is 13.2 Å². The maximum atomic E-state index is 5.49. The highest BCUT2D eigenvalue weighted by Crippen LogP contribution is 2.00. The lowest BCUT2D eigenvalue weighted by Gasteiger charge is -2.05. The topological polar surface area (TPSA) is 44.2 Å². The fraction of sp³-hybridized carbons (Fsp3) is 0.286. The van der Waals surface area contributed by atoms with Crippen molar-refractivity contribution in [1.29, 1.82) is 0 Å².